The lowest BCUT2D eigenvalue weighted by Crippen LogP contribution is -2.34. The van der Waals surface area contributed by atoms with E-state index in [-0.39, 0.29) is 18.2 Å². The Kier molecular flexibility index (Phi) is 3.86. The summed E-state index contributed by atoms with van der Waals surface area (Å²) in [6.07, 6.45) is 2.16. The average molecular weight is 255 g/mol. The summed E-state index contributed by atoms with van der Waals surface area (Å²) in [5.74, 6) is 0.131. The zero-order chi connectivity index (χ0) is 12.3. The maximum absolute atomic E-state index is 11.4. The summed E-state index contributed by atoms with van der Waals surface area (Å²) in [7, 11) is 0. The minimum absolute atomic E-state index is 0.0148. The van der Waals surface area contributed by atoms with E-state index in [0.717, 1.165) is 12.8 Å². The Hall–Kier alpha value is -1.26. The van der Waals surface area contributed by atoms with Gasteiger partial charge in [-0.1, -0.05) is 17.7 Å². The summed E-state index contributed by atoms with van der Waals surface area (Å²) < 4.78 is 0. The molecular formula is C12H15ClN2O2. The summed E-state index contributed by atoms with van der Waals surface area (Å²) >= 11 is 5.94. The first kappa shape index (κ1) is 12.2. The van der Waals surface area contributed by atoms with Crippen molar-refractivity contribution in [2.75, 3.05) is 6.54 Å². The molecule has 0 aromatic heterocycles. The van der Waals surface area contributed by atoms with E-state index in [1.165, 1.54) is 0 Å². The summed E-state index contributed by atoms with van der Waals surface area (Å²) in [4.78, 5) is 11.4. The molecule has 1 amide bonds. The van der Waals surface area contributed by atoms with Crippen LogP contribution < -0.4 is 10.6 Å². The molecular weight excluding hydrogens is 240 g/mol. The Balaban J connectivity index is 1.79. The van der Waals surface area contributed by atoms with E-state index >= 15 is 0 Å². The highest BCUT2D eigenvalue weighted by Gasteiger charge is 2.22. The fourth-order valence-corrected chi connectivity index (χ4v) is 1.77. The van der Waals surface area contributed by atoms with Gasteiger partial charge in [0.15, 0.2) is 0 Å². The average Bonchev–Trinajstić information content (AvgIpc) is 3.06. The summed E-state index contributed by atoms with van der Waals surface area (Å²) in [6.45, 7) is 0.616. The Morgan fingerprint density at radius 3 is 2.88 bits per heavy atom. The number of phenols is 1. The van der Waals surface area contributed by atoms with Crippen molar-refractivity contribution in [2.24, 2.45) is 0 Å². The number of hydrogen-bond acceptors (Lipinski definition) is 3. The lowest BCUT2D eigenvalue weighted by molar-refractivity contribution is -0.120. The van der Waals surface area contributed by atoms with Gasteiger partial charge in [0.2, 0.25) is 5.91 Å². The molecule has 0 saturated heterocycles. The maximum atomic E-state index is 11.4. The third-order valence-corrected chi connectivity index (χ3v) is 2.98. The molecule has 1 saturated carbocycles. The number of carbonyl (C=O) groups is 1. The van der Waals surface area contributed by atoms with Crippen LogP contribution in [-0.2, 0) is 11.3 Å². The Bertz CT molecular complexity index is 399. The van der Waals surface area contributed by atoms with Gasteiger partial charge in [0, 0.05) is 23.2 Å². The number of halogens is 1. The van der Waals surface area contributed by atoms with E-state index < -0.39 is 0 Å². The number of aromatic hydroxyl groups is 1. The first-order chi connectivity index (χ1) is 8.16. The predicted molar refractivity (Wildman–Crippen MR) is 66.0 cm³/mol. The molecule has 1 aliphatic rings. The fourth-order valence-electron chi connectivity index (χ4n) is 1.53. The van der Waals surface area contributed by atoms with Crippen LogP contribution in [0.1, 0.15) is 18.4 Å². The van der Waals surface area contributed by atoms with Crippen molar-refractivity contribution in [3.8, 4) is 5.75 Å². The van der Waals surface area contributed by atoms with E-state index in [1.807, 2.05) is 0 Å². The molecule has 3 N–H and O–H groups in total. The molecule has 17 heavy (non-hydrogen) atoms. The van der Waals surface area contributed by atoms with Crippen LogP contribution in [0.4, 0.5) is 0 Å². The molecule has 0 spiro atoms. The highest BCUT2D eigenvalue weighted by molar-refractivity contribution is 6.31. The van der Waals surface area contributed by atoms with E-state index in [4.69, 9.17) is 11.6 Å². The molecule has 0 radical (unpaired) electrons. The van der Waals surface area contributed by atoms with Crippen molar-refractivity contribution < 1.29 is 9.90 Å². The largest absolute Gasteiger partial charge is 0.508 e. The van der Waals surface area contributed by atoms with Gasteiger partial charge in [-0.2, -0.15) is 0 Å². The Labute approximate surface area is 105 Å². The van der Waals surface area contributed by atoms with Crippen LogP contribution in [0.15, 0.2) is 18.2 Å². The number of carbonyl (C=O) groups excluding carboxylic acids is 1. The second-order valence-corrected chi connectivity index (χ2v) is 4.59. The van der Waals surface area contributed by atoms with E-state index in [1.54, 1.807) is 18.2 Å². The van der Waals surface area contributed by atoms with Gasteiger partial charge in [-0.25, -0.2) is 0 Å². The lowest BCUT2D eigenvalue weighted by Gasteiger charge is -2.08. The minimum atomic E-state index is -0.0148. The number of rotatable bonds is 5. The van der Waals surface area contributed by atoms with Crippen molar-refractivity contribution in [3.05, 3.63) is 28.8 Å². The Morgan fingerprint density at radius 2 is 2.24 bits per heavy atom. The van der Waals surface area contributed by atoms with Crippen molar-refractivity contribution in [1.29, 1.82) is 0 Å². The van der Waals surface area contributed by atoms with Gasteiger partial charge in [-0.15, -0.1) is 0 Å². The summed E-state index contributed by atoms with van der Waals surface area (Å²) in [6, 6.07) is 5.34. The lowest BCUT2D eigenvalue weighted by atomic mass is 10.2. The SMILES string of the molecule is O=C(CNCc1c(O)cccc1Cl)NC1CC1. The zero-order valence-electron chi connectivity index (χ0n) is 9.37. The molecule has 92 valence electrons. The molecule has 0 atom stereocenters. The fraction of sp³-hybridized carbons (Fsp3) is 0.417. The normalized spacial score (nSPS) is 14.6. The monoisotopic (exact) mass is 254 g/mol. The second kappa shape index (κ2) is 5.38. The molecule has 1 fully saturated rings. The topological polar surface area (TPSA) is 61.4 Å². The number of hydrogen-bond donors (Lipinski definition) is 3. The van der Waals surface area contributed by atoms with Crippen molar-refractivity contribution in [2.45, 2.75) is 25.4 Å². The quantitative estimate of drug-likeness (QED) is 0.745. The van der Waals surface area contributed by atoms with Crippen LogP contribution in [-0.4, -0.2) is 23.6 Å². The first-order valence-electron chi connectivity index (χ1n) is 5.63. The van der Waals surface area contributed by atoms with Crippen LogP contribution >= 0.6 is 11.6 Å². The molecule has 1 aromatic rings. The van der Waals surface area contributed by atoms with Gasteiger partial charge in [0.05, 0.1) is 6.54 Å². The highest BCUT2D eigenvalue weighted by atomic mass is 35.5. The van der Waals surface area contributed by atoms with Crippen molar-refractivity contribution in [1.82, 2.24) is 10.6 Å². The van der Waals surface area contributed by atoms with Crippen molar-refractivity contribution >= 4 is 17.5 Å². The van der Waals surface area contributed by atoms with Crippen LogP contribution in [0, 0.1) is 0 Å². The molecule has 0 aliphatic heterocycles. The number of phenolic OH excluding ortho intramolecular Hbond substituents is 1. The maximum Gasteiger partial charge on any atom is 0.234 e. The number of benzene rings is 1. The third kappa shape index (κ3) is 3.61. The van der Waals surface area contributed by atoms with Crippen molar-refractivity contribution in [3.63, 3.8) is 0 Å². The third-order valence-electron chi connectivity index (χ3n) is 2.62. The molecule has 4 nitrogen and oxygen atoms in total. The van der Waals surface area contributed by atoms with Gasteiger partial charge in [-0.05, 0) is 25.0 Å². The predicted octanol–water partition coefficient (Wildman–Crippen LogP) is 1.41. The van der Waals surface area contributed by atoms with E-state index in [9.17, 15) is 9.90 Å². The molecule has 5 heteroatoms. The molecule has 1 aliphatic carbocycles. The van der Waals surface area contributed by atoms with Crippen LogP contribution in [0.2, 0.25) is 5.02 Å². The standard InChI is InChI=1S/C12H15ClN2O2/c13-10-2-1-3-11(16)9(10)6-14-7-12(17)15-8-4-5-8/h1-3,8,14,16H,4-7H2,(H,15,17). The van der Waals surface area contributed by atoms with Gasteiger partial charge < -0.3 is 15.7 Å². The van der Waals surface area contributed by atoms with Gasteiger partial charge in [0.25, 0.3) is 0 Å². The number of amides is 1. The number of nitrogens with one attached hydrogen (secondary N) is 2. The summed E-state index contributed by atoms with van der Waals surface area (Å²) in [5, 5.41) is 15.9. The van der Waals surface area contributed by atoms with Crippen LogP contribution in [0.25, 0.3) is 0 Å². The molecule has 2 rings (SSSR count). The first-order valence-corrected chi connectivity index (χ1v) is 6.01. The molecule has 0 unspecified atom stereocenters. The van der Waals surface area contributed by atoms with Gasteiger partial charge in [-0.3, -0.25) is 4.79 Å². The second-order valence-electron chi connectivity index (χ2n) is 4.18. The summed E-state index contributed by atoms with van der Waals surface area (Å²) in [5.41, 5.74) is 0.619. The molecule has 1 aromatic carbocycles. The van der Waals surface area contributed by atoms with Crippen LogP contribution in [0.3, 0.4) is 0 Å². The van der Waals surface area contributed by atoms with Gasteiger partial charge >= 0.3 is 0 Å². The van der Waals surface area contributed by atoms with E-state index in [0.29, 0.717) is 23.2 Å². The zero-order valence-corrected chi connectivity index (χ0v) is 10.1. The highest BCUT2D eigenvalue weighted by Crippen LogP contribution is 2.24. The van der Waals surface area contributed by atoms with Crippen LogP contribution in [0.5, 0.6) is 5.75 Å². The molecule has 0 heterocycles. The van der Waals surface area contributed by atoms with E-state index in [2.05, 4.69) is 10.6 Å². The Morgan fingerprint density at radius 1 is 1.47 bits per heavy atom. The molecule has 0 bridgehead atoms. The minimum Gasteiger partial charge on any atom is -0.508 e. The van der Waals surface area contributed by atoms with Gasteiger partial charge in [0.1, 0.15) is 5.75 Å². The smallest absolute Gasteiger partial charge is 0.234 e.